The van der Waals surface area contributed by atoms with Crippen molar-refractivity contribution in [1.29, 1.82) is 0 Å². The predicted molar refractivity (Wildman–Crippen MR) is 77.1 cm³/mol. The van der Waals surface area contributed by atoms with E-state index < -0.39 is 0 Å². The van der Waals surface area contributed by atoms with Gasteiger partial charge in [0.2, 0.25) is 0 Å². The molecule has 3 nitrogen and oxygen atoms in total. The second-order valence-corrected chi connectivity index (χ2v) is 4.83. The summed E-state index contributed by atoms with van der Waals surface area (Å²) in [5.74, 6) is 0.951. The standard InChI is InChI=1S/C16H18N2O/c1-2-4-13(5-3-1)14-6-7-16(17-12-14)18-15-8-10-19-11-9-15/h1-7,12,15H,8-11H2,(H,17,18). The highest BCUT2D eigenvalue weighted by Crippen LogP contribution is 2.20. The third-order valence-corrected chi connectivity index (χ3v) is 3.44. The van der Waals surface area contributed by atoms with Gasteiger partial charge in [0.1, 0.15) is 5.82 Å². The molecule has 3 heteroatoms. The molecule has 0 saturated carbocycles. The predicted octanol–water partition coefficient (Wildman–Crippen LogP) is 3.34. The molecule has 2 aromatic rings. The van der Waals surface area contributed by atoms with E-state index in [4.69, 9.17) is 4.74 Å². The molecule has 1 aromatic carbocycles. The molecular weight excluding hydrogens is 236 g/mol. The molecule has 0 atom stereocenters. The summed E-state index contributed by atoms with van der Waals surface area (Å²) in [6.45, 7) is 1.69. The number of ether oxygens (including phenoxy) is 1. The van der Waals surface area contributed by atoms with Crippen molar-refractivity contribution in [2.24, 2.45) is 0 Å². The quantitative estimate of drug-likeness (QED) is 0.912. The van der Waals surface area contributed by atoms with Crippen LogP contribution in [-0.2, 0) is 4.74 Å². The van der Waals surface area contributed by atoms with E-state index in [9.17, 15) is 0 Å². The zero-order valence-corrected chi connectivity index (χ0v) is 10.9. The SMILES string of the molecule is c1ccc(-c2ccc(NC3CCOCC3)nc2)cc1. The van der Waals surface area contributed by atoms with Crippen LogP contribution in [0.2, 0.25) is 0 Å². The van der Waals surface area contributed by atoms with Crippen molar-refractivity contribution in [3.63, 3.8) is 0 Å². The lowest BCUT2D eigenvalue weighted by atomic mass is 10.1. The lowest BCUT2D eigenvalue weighted by Gasteiger charge is -2.23. The van der Waals surface area contributed by atoms with Gasteiger partial charge < -0.3 is 10.1 Å². The molecule has 0 radical (unpaired) electrons. The maximum Gasteiger partial charge on any atom is 0.126 e. The van der Waals surface area contributed by atoms with Gasteiger partial charge in [0.25, 0.3) is 0 Å². The summed E-state index contributed by atoms with van der Waals surface area (Å²) in [6.07, 6.45) is 4.04. The summed E-state index contributed by atoms with van der Waals surface area (Å²) in [6, 6.07) is 15.0. The number of hydrogen-bond donors (Lipinski definition) is 1. The monoisotopic (exact) mass is 254 g/mol. The molecule has 0 aliphatic carbocycles. The molecule has 0 amide bonds. The van der Waals surface area contributed by atoms with Crippen LogP contribution < -0.4 is 5.32 Å². The molecule has 1 aliphatic heterocycles. The van der Waals surface area contributed by atoms with Gasteiger partial charge in [0.15, 0.2) is 0 Å². The molecule has 98 valence electrons. The van der Waals surface area contributed by atoms with E-state index in [-0.39, 0.29) is 0 Å². The largest absolute Gasteiger partial charge is 0.381 e. The minimum Gasteiger partial charge on any atom is -0.381 e. The number of hydrogen-bond acceptors (Lipinski definition) is 3. The van der Waals surface area contributed by atoms with Crippen LogP contribution >= 0.6 is 0 Å². The number of pyridine rings is 1. The number of nitrogens with one attached hydrogen (secondary N) is 1. The zero-order valence-electron chi connectivity index (χ0n) is 10.9. The van der Waals surface area contributed by atoms with E-state index in [1.54, 1.807) is 0 Å². The average molecular weight is 254 g/mol. The van der Waals surface area contributed by atoms with E-state index in [0.717, 1.165) is 37.4 Å². The van der Waals surface area contributed by atoms with Crippen molar-refractivity contribution in [3.8, 4) is 11.1 Å². The second-order valence-electron chi connectivity index (χ2n) is 4.83. The first-order valence-corrected chi connectivity index (χ1v) is 6.77. The van der Waals surface area contributed by atoms with E-state index in [1.165, 1.54) is 5.56 Å². The van der Waals surface area contributed by atoms with Gasteiger partial charge >= 0.3 is 0 Å². The molecule has 0 spiro atoms. The van der Waals surface area contributed by atoms with Crippen molar-refractivity contribution in [2.75, 3.05) is 18.5 Å². The highest BCUT2D eigenvalue weighted by molar-refractivity contribution is 5.63. The lowest BCUT2D eigenvalue weighted by molar-refractivity contribution is 0.0904. The Labute approximate surface area is 113 Å². The summed E-state index contributed by atoms with van der Waals surface area (Å²) in [5, 5.41) is 3.47. The van der Waals surface area contributed by atoms with Gasteiger partial charge in [-0.3, -0.25) is 0 Å². The van der Waals surface area contributed by atoms with Crippen LogP contribution in [-0.4, -0.2) is 24.2 Å². The Hall–Kier alpha value is -1.87. The Balaban J connectivity index is 1.68. The van der Waals surface area contributed by atoms with Crippen molar-refractivity contribution in [2.45, 2.75) is 18.9 Å². The Morgan fingerprint density at radius 3 is 2.42 bits per heavy atom. The first-order chi connectivity index (χ1) is 9.42. The fourth-order valence-electron chi connectivity index (χ4n) is 2.33. The molecule has 1 fully saturated rings. The van der Waals surface area contributed by atoms with Crippen LogP contribution in [0.15, 0.2) is 48.7 Å². The van der Waals surface area contributed by atoms with Crippen molar-refractivity contribution < 1.29 is 4.74 Å². The summed E-state index contributed by atoms with van der Waals surface area (Å²) in [7, 11) is 0. The minimum absolute atomic E-state index is 0.490. The topological polar surface area (TPSA) is 34.1 Å². The molecule has 0 bridgehead atoms. The van der Waals surface area contributed by atoms with Crippen molar-refractivity contribution >= 4 is 5.82 Å². The smallest absolute Gasteiger partial charge is 0.126 e. The van der Waals surface area contributed by atoms with Gasteiger partial charge in [-0.15, -0.1) is 0 Å². The fraction of sp³-hybridized carbons (Fsp3) is 0.312. The van der Waals surface area contributed by atoms with E-state index in [1.807, 2.05) is 24.4 Å². The first kappa shape index (κ1) is 12.2. The number of nitrogens with zero attached hydrogens (tertiary/aromatic N) is 1. The van der Waals surface area contributed by atoms with Crippen LogP contribution in [0.4, 0.5) is 5.82 Å². The zero-order chi connectivity index (χ0) is 12.9. The molecule has 2 heterocycles. The number of aromatic nitrogens is 1. The van der Waals surface area contributed by atoms with Crippen LogP contribution in [0.5, 0.6) is 0 Å². The molecule has 3 rings (SSSR count). The highest BCUT2D eigenvalue weighted by atomic mass is 16.5. The Morgan fingerprint density at radius 1 is 0.947 bits per heavy atom. The minimum atomic E-state index is 0.490. The molecule has 1 aromatic heterocycles. The van der Waals surface area contributed by atoms with E-state index in [0.29, 0.717) is 6.04 Å². The molecular formula is C16H18N2O. The molecule has 1 aliphatic rings. The maximum absolute atomic E-state index is 5.35. The molecule has 19 heavy (non-hydrogen) atoms. The van der Waals surface area contributed by atoms with Gasteiger partial charge in [-0.25, -0.2) is 4.98 Å². The van der Waals surface area contributed by atoms with Gasteiger partial charge in [-0.05, 0) is 30.5 Å². The molecule has 1 saturated heterocycles. The molecule has 0 unspecified atom stereocenters. The Morgan fingerprint density at radius 2 is 1.74 bits per heavy atom. The first-order valence-electron chi connectivity index (χ1n) is 6.77. The van der Waals surface area contributed by atoms with Gasteiger partial charge in [-0.2, -0.15) is 0 Å². The van der Waals surface area contributed by atoms with E-state index in [2.05, 4.69) is 34.6 Å². The highest BCUT2D eigenvalue weighted by Gasteiger charge is 2.13. The van der Waals surface area contributed by atoms with Crippen LogP contribution in [0.3, 0.4) is 0 Å². The van der Waals surface area contributed by atoms with Gasteiger partial charge in [0.05, 0.1) is 0 Å². The van der Waals surface area contributed by atoms with Gasteiger partial charge in [-0.1, -0.05) is 30.3 Å². The number of anilines is 1. The van der Waals surface area contributed by atoms with Crippen LogP contribution in [0.1, 0.15) is 12.8 Å². The Bertz CT molecular complexity index is 504. The van der Waals surface area contributed by atoms with Crippen LogP contribution in [0, 0.1) is 0 Å². The third kappa shape index (κ3) is 3.12. The summed E-state index contributed by atoms with van der Waals surface area (Å²) in [5.41, 5.74) is 2.35. The van der Waals surface area contributed by atoms with E-state index >= 15 is 0 Å². The number of rotatable bonds is 3. The van der Waals surface area contributed by atoms with Gasteiger partial charge in [0, 0.05) is 31.0 Å². The van der Waals surface area contributed by atoms with Crippen molar-refractivity contribution in [1.82, 2.24) is 4.98 Å². The lowest BCUT2D eigenvalue weighted by Crippen LogP contribution is -2.28. The summed E-state index contributed by atoms with van der Waals surface area (Å²) < 4.78 is 5.35. The number of benzene rings is 1. The maximum atomic E-state index is 5.35. The third-order valence-electron chi connectivity index (χ3n) is 3.44. The Kier molecular flexibility index (Phi) is 3.75. The molecule has 1 N–H and O–H groups in total. The summed E-state index contributed by atoms with van der Waals surface area (Å²) >= 11 is 0. The normalized spacial score (nSPS) is 16.2. The van der Waals surface area contributed by atoms with Crippen molar-refractivity contribution in [3.05, 3.63) is 48.7 Å². The fourth-order valence-corrected chi connectivity index (χ4v) is 2.33. The average Bonchev–Trinajstić information content (AvgIpc) is 2.50. The summed E-state index contributed by atoms with van der Waals surface area (Å²) in [4.78, 5) is 4.50. The van der Waals surface area contributed by atoms with Crippen LogP contribution in [0.25, 0.3) is 11.1 Å². The second kappa shape index (κ2) is 5.85.